The largest absolute Gasteiger partial charge is 0.493 e. The Hall–Kier alpha value is -1.99. The number of nitrogens with zero attached hydrogens (tertiary/aromatic N) is 1. The van der Waals surface area contributed by atoms with Crippen LogP contribution in [0.3, 0.4) is 0 Å². The van der Waals surface area contributed by atoms with Gasteiger partial charge in [0.1, 0.15) is 0 Å². The van der Waals surface area contributed by atoms with Gasteiger partial charge < -0.3 is 24.3 Å². The number of ether oxygens (including phenoxy) is 4. The summed E-state index contributed by atoms with van der Waals surface area (Å²) in [4.78, 5) is 15.1. The summed E-state index contributed by atoms with van der Waals surface area (Å²) in [5, 5.41) is 3.05. The zero-order valence-electron chi connectivity index (χ0n) is 16.4. The van der Waals surface area contributed by atoms with E-state index in [4.69, 9.17) is 18.9 Å². The standard InChI is InChI=1S/C19H30N2O5/c1-6-19(2,21-7-9-26-10-8-21)13-20-18(22)14-11-15(23-3)17(25-5)16(12-14)24-4/h11-12H,6-10,13H2,1-5H3,(H,20,22). The number of nitrogens with one attached hydrogen (secondary N) is 1. The lowest BCUT2D eigenvalue weighted by atomic mass is 9.95. The number of hydrogen-bond donors (Lipinski definition) is 1. The molecular weight excluding hydrogens is 336 g/mol. The minimum atomic E-state index is -0.169. The van der Waals surface area contributed by atoms with Crippen molar-refractivity contribution in [1.82, 2.24) is 10.2 Å². The molecule has 146 valence electrons. The molecule has 7 heteroatoms. The molecule has 0 bridgehead atoms. The van der Waals surface area contributed by atoms with Crippen LogP contribution in [0.4, 0.5) is 0 Å². The first-order valence-corrected chi connectivity index (χ1v) is 8.90. The summed E-state index contributed by atoms with van der Waals surface area (Å²) >= 11 is 0. The first kappa shape index (κ1) is 20.3. The van der Waals surface area contributed by atoms with Crippen LogP contribution in [0.5, 0.6) is 17.2 Å². The lowest BCUT2D eigenvalue weighted by Gasteiger charge is -2.43. The molecule has 2 rings (SSSR count). The van der Waals surface area contributed by atoms with Crippen molar-refractivity contribution >= 4 is 5.91 Å². The lowest BCUT2D eigenvalue weighted by molar-refractivity contribution is -0.0169. The van der Waals surface area contributed by atoms with Gasteiger partial charge in [-0.1, -0.05) is 6.92 Å². The fraction of sp³-hybridized carbons (Fsp3) is 0.632. The number of carbonyl (C=O) groups excluding carboxylic acids is 1. The topological polar surface area (TPSA) is 69.3 Å². The molecule has 0 aliphatic carbocycles. The van der Waals surface area contributed by atoms with Gasteiger partial charge in [0.15, 0.2) is 11.5 Å². The maximum atomic E-state index is 12.7. The Bertz CT molecular complexity index is 591. The fourth-order valence-corrected chi connectivity index (χ4v) is 3.15. The summed E-state index contributed by atoms with van der Waals surface area (Å²) in [5.41, 5.74) is 0.361. The van der Waals surface area contributed by atoms with Crippen molar-refractivity contribution in [2.24, 2.45) is 0 Å². The molecule has 0 spiro atoms. The van der Waals surface area contributed by atoms with Crippen LogP contribution in [0.2, 0.25) is 0 Å². The number of morpholine rings is 1. The molecule has 1 aliphatic rings. The molecule has 0 radical (unpaired) electrons. The predicted octanol–water partition coefficient (Wildman–Crippen LogP) is 1.94. The van der Waals surface area contributed by atoms with Crippen LogP contribution in [0, 0.1) is 0 Å². The molecule has 1 amide bonds. The zero-order valence-corrected chi connectivity index (χ0v) is 16.4. The van der Waals surface area contributed by atoms with Gasteiger partial charge in [0.25, 0.3) is 5.91 Å². The van der Waals surface area contributed by atoms with Crippen LogP contribution in [0.1, 0.15) is 30.6 Å². The molecule has 1 atom stereocenters. The summed E-state index contributed by atoms with van der Waals surface area (Å²) in [6.07, 6.45) is 0.933. The minimum Gasteiger partial charge on any atom is -0.493 e. The van der Waals surface area contributed by atoms with E-state index in [1.165, 1.54) is 21.3 Å². The van der Waals surface area contributed by atoms with Gasteiger partial charge in [0, 0.05) is 30.7 Å². The quantitative estimate of drug-likeness (QED) is 0.758. The van der Waals surface area contributed by atoms with E-state index in [9.17, 15) is 4.79 Å². The molecule has 26 heavy (non-hydrogen) atoms. The lowest BCUT2D eigenvalue weighted by Crippen LogP contribution is -2.56. The average molecular weight is 366 g/mol. The number of hydrogen-bond acceptors (Lipinski definition) is 6. The molecule has 1 heterocycles. The van der Waals surface area contributed by atoms with Crippen molar-refractivity contribution in [1.29, 1.82) is 0 Å². The number of amides is 1. The van der Waals surface area contributed by atoms with Gasteiger partial charge >= 0.3 is 0 Å². The van der Waals surface area contributed by atoms with Crippen molar-refractivity contribution in [2.45, 2.75) is 25.8 Å². The van der Waals surface area contributed by atoms with Crippen LogP contribution >= 0.6 is 0 Å². The monoisotopic (exact) mass is 366 g/mol. The van der Waals surface area contributed by atoms with E-state index in [1.807, 2.05) is 0 Å². The van der Waals surface area contributed by atoms with Gasteiger partial charge in [-0.25, -0.2) is 0 Å². The van der Waals surface area contributed by atoms with E-state index in [2.05, 4.69) is 24.1 Å². The second-order valence-corrected chi connectivity index (χ2v) is 6.55. The molecule has 0 saturated carbocycles. The van der Waals surface area contributed by atoms with Crippen LogP contribution in [-0.4, -0.2) is 70.5 Å². The molecule has 1 N–H and O–H groups in total. The van der Waals surface area contributed by atoms with Crippen LogP contribution < -0.4 is 19.5 Å². The molecule has 7 nitrogen and oxygen atoms in total. The van der Waals surface area contributed by atoms with Crippen LogP contribution in [-0.2, 0) is 4.74 Å². The Morgan fingerprint density at radius 2 is 1.73 bits per heavy atom. The summed E-state index contributed by atoms with van der Waals surface area (Å²) in [6, 6.07) is 3.32. The first-order valence-electron chi connectivity index (χ1n) is 8.90. The van der Waals surface area contributed by atoms with E-state index in [0.29, 0.717) is 29.4 Å². The molecule has 1 aromatic rings. The molecule has 1 fully saturated rings. The normalized spacial score (nSPS) is 17.3. The Labute approximate surface area is 155 Å². The van der Waals surface area contributed by atoms with Gasteiger partial charge in [-0.3, -0.25) is 9.69 Å². The highest BCUT2D eigenvalue weighted by Gasteiger charge is 2.32. The van der Waals surface area contributed by atoms with E-state index in [0.717, 1.165) is 32.7 Å². The summed E-state index contributed by atoms with van der Waals surface area (Å²) in [7, 11) is 4.60. The molecule has 1 saturated heterocycles. The van der Waals surface area contributed by atoms with Crippen LogP contribution in [0.25, 0.3) is 0 Å². The second-order valence-electron chi connectivity index (χ2n) is 6.55. The Morgan fingerprint density at radius 1 is 1.15 bits per heavy atom. The van der Waals surface area contributed by atoms with Crippen molar-refractivity contribution in [3.8, 4) is 17.2 Å². The highest BCUT2D eigenvalue weighted by molar-refractivity contribution is 5.95. The molecule has 1 aromatic carbocycles. The van der Waals surface area contributed by atoms with Crippen molar-refractivity contribution in [3.63, 3.8) is 0 Å². The number of rotatable bonds is 8. The smallest absolute Gasteiger partial charge is 0.251 e. The van der Waals surface area contributed by atoms with Gasteiger partial charge in [0.05, 0.1) is 34.5 Å². The molecule has 1 aliphatic heterocycles. The van der Waals surface area contributed by atoms with Crippen molar-refractivity contribution < 1.29 is 23.7 Å². The highest BCUT2D eigenvalue weighted by atomic mass is 16.5. The third-order valence-corrected chi connectivity index (χ3v) is 5.09. The third kappa shape index (κ3) is 4.40. The number of methoxy groups -OCH3 is 3. The van der Waals surface area contributed by atoms with E-state index < -0.39 is 0 Å². The van der Waals surface area contributed by atoms with Crippen molar-refractivity contribution in [2.75, 3.05) is 54.2 Å². The number of carbonyl (C=O) groups is 1. The molecule has 1 unspecified atom stereocenters. The SMILES string of the molecule is CCC(C)(CNC(=O)c1cc(OC)c(OC)c(OC)c1)N1CCOCC1. The number of benzene rings is 1. The predicted molar refractivity (Wildman–Crippen MR) is 99.5 cm³/mol. The zero-order chi connectivity index (χ0) is 19.2. The minimum absolute atomic E-state index is 0.111. The van der Waals surface area contributed by atoms with Crippen molar-refractivity contribution in [3.05, 3.63) is 17.7 Å². The third-order valence-electron chi connectivity index (χ3n) is 5.09. The summed E-state index contributed by atoms with van der Waals surface area (Å²) < 4.78 is 21.4. The van der Waals surface area contributed by atoms with E-state index in [-0.39, 0.29) is 11.4 Å². The maximum Gasteiger partial charge on any atom is 0.251 e. The maximum absolute atomic E-state index is 12.7. The second kappa shape index (κ2) is 9.09. The first-order chi connectivity index (χ1) is 12.5. The fourth-order valence-electron chi connectivity index (χ4n) is 3.15. The van der Waals surface area contributed by atoms with Gasteiger partial charge in [0.2, 0.25) is 5.75 Å². The van der Waals surface area contributed by atoms with Crippen LogP contribution in [0.15, 0.2) is 12.1 Å². The van der Waals surface area contributed by atoms with E-state index in [1.54, 1.807) is 12.1 Å². The Kier molecular flexibility index (Phi) is 7.11. The Balaban J connectivity index is 2.13. The van der Waals surface area contributed by atoms with Gasteiger partial charge in [-0.05, 0) is 25.5 Å². The Morgan fingerprint density at radius 3 is 2.19 bits per heavy atom. The summed E-state index contributed by atoms with van der Waals surface area (Å²) in [5.74, 6) is 1.22. The van der Waals surface area contributed by atoms with E-state index >= 15 is 0 Å². The summed E-state index contributed by atoms with van der Waals surface area (Å²) in [6.45, 7) is 8.09. The highest BCUT2D eigenvalue weighted by Crippen LogP contribution is 2.38. The van der Waals surface area contributed by atoms with Gasteiger partial charge in [-0.15, -0.1) is 0 Å². The average Bonchev–Trinajstić information content (AvgIpc) is 2.71. The molecular formula is C19H30N2O5. The molecule has 0 aromatic heterocycles. The van der Waals surface area contributed by atoms with Gasteiger partial charge in [-0.2, -0.15) is 0 Å².